The van der Waals surface area contributed by atoms with Crippen molar-refractivity contribution in [3.63, 3.8) is 0 Å². The van der Waals surface area contributed by atoms with Gasteiger partial charge in [-0.25, -0.2) is 0 Å². The van der Waals surface area contributed by atoms with E-state index < -0.39 is 0 Å². The van der Waals surface area contributed by atoms with E-state index in [1.54, 1.807) is 0 Å². The van der Waals surface area contributed by atoms with Gasteiger partial charge < -0.3 is 10.1 Å². The largest absolute Gasteiger partial charge is 0.374 e. The molecule has 0 radical (unpaired) electrons. The Morgan fingerprint density at radius 3 is 2.92 bits per heavy atom. The van der Waals surface area contributed by atoms with Crippen molar-refractivity contribution in [3.05, 3.63) is 0 Å². The first-order valence-corrected chi connectivity index (χ1v) is 5.29. The van der Waals surface area contributed by atoms with Crippen molar-refractivity contribution in [2.45, 2.75) is 32.9 Å². The summed E-state index contributed by atoms with van der Waals surface area (Å²) in [5.41, 5.74) is 0. The molecule has 1 N–H and O–H groups in total. The summed E-state index contributed by atoms with van der Waals surface area (Å²) >= 11 is 0. The molecule has 78 valence electrons. The summed E-state index contributed by atoms with van der Waals surface area (Å²) in [5.74, 6) is 0. The highest BCUT2D eigenvalue weighted by Gasteiger charge is 2.18. The number of hydrogen-bond acceptors (Lipinski definition) is 3. The molecule has 1 rings (SSSR count). The van der Waals surface area contributed by atoms with E-state index in [-0.39, 0.29) is 0 Å². The zero-order chi connectivity index (χ0) is 9.68. The Bertz CT molecular complexity index is 139. The van der Waals surface area contributed by atoms with E-state index in [9.17, 15) is 0 Å². The fourth-order valence-corrected chi connectivity index (χ4v) is 1.56. The molecule has 0 amide bonds. The van der Waals surface area contributed by atoms with E-state index in [4.69, 9.17) is 4.74 Å². The quantitative estimate of drug-likeness (QED) is 0.699. The van der Waals surface area contributed by atoms with Crippen LogP contribution >= 0.6 is 0 Å². The van der Waals surface area contributed by atoms with Gasteiger partial charge in [0.2, 0.25) is 0 Å². The van der Waals surface area contributed by atoms with Crippen LogP contribution in [0.5, 0.6) is 0 Å². The molecule has 1 fully saturated rings. The third-order valence-electron chi connectivity index (χ3n) is 2.42. The number of nitrogens with zero attached hydrogens (tertiary/aromatic N) is 1. The van der Waals surface area contributed by atoms with Gasteiger partial charge in [0.05, 0.1) is 12.7 Å². The Morgan fingerprint density at radius 1 is 1.54 bits per heavy atom. The van der Waals surface area contributed by atoms with Crippen LogP contribution in [-0.4, -0.2) is 49.8 Å². The average molecular weight is 186 g/mol. The third-order valence-corrected chi connectivity index (χ3v) is 2.42. The first-order valence-electron chi connectivity index (χ1n) is 5.29. The summed E-state index contributed by atoms with van der Waals surface area (Å²) in [5, 5.41) is 3.41. The van der Waals surface area contributed by atoms with Gasteiger partial charge in [-0.3, -0.25) is 4.90 Å². The van der Waals surface area contributed by atoms with Gasteiger partial charge in [0.25, 0.3) is 0 Å². The first kappa shape index (κ1) is 11.0. The lowest BCUT2D eigenvalue weighted by molar-refractivity contribution is -0.0259. The molecule has 1 saturated heterocycles. The van der Waals surface area contributed by atoms with Crippen molar-refractivity contribution in [2.24, 2.45) is 0 Å². The third kappa shape index (κ3) is 4.07. The predicted molar refractivity (Wildman–Crippen MR) is 55.0 cm³/mol. The standard InChI is InChI=1S/C10H22N2O/c1-4-12-5-6-13-10(8-12)7-11-9(2)3/h9-11H,4-8H2,1-3H3. The van der Waals surface area contributed by atoms with Crippen molar-refractivity contribution in [1.29, 1.82) is 0 Å². The van der Waals surface area contributed by atoms with Gasteiger partial charge in [0.15, 0.2) is 0 Å². The van der Waals surface area contributed by atoms with E-state index in [0.717, 1.165) is 32.8 Å². The molecule has 1 aliphatic rings. The highest BCUT2D eigenvalue weighted by molar-refractivity contribution is 4.73. The molecule has 0 aromatic carbocycles. The van der Waals surface area contributed by atoms with Gasteiger partial charge in [-0.1, -0.05) is 20.8 Å². The molecule has 3 heteroatoms. The number of likely N-dealkylation sites (N-methyl/N-ethyl adjacent to an activating group) is 1. The molecule has 1 atom stereocenters. The number of hydrogen-bond donors (Lipinski definition) is 1. The summed E-state index contributed by atoms with van der Waals surface area (Å²) in [7, 11) is 0. The minimum absolute atomic E-state index is 0.385. The lowest BCUT2D eigenvalue weighted by Gasteiger charge is -2.32. The van der Waals surface area contributed by atoms with Gasteiger partial charge in [0, 0.05) is 25.7 Å². The summed E-state index contributed by atoms with van der Waals surface area (Å²) in [6, 6.07) is 0.556. The number of rotatable bonds is 4. The normalized spacial score (nSPS) is 25.4. The molecule has 0 saturated carbocycles. The number of morpholine rings is 1. The molecule has 0 bridgehead atoms. The van der Waals surface area contributed by atoms with E-state index in [1.807, 2.05) is 0 Å². The highest BCUT2D eigenvalue weighted by Crippen LogP contribution is 2.03. The Labute approximate surface area is 81.4 Å². The fraction of sp³-hybridized carbons (Fsp3) is 1.00. The maximum absolute atomic E-state index is 5.66. The van der Waals surface area contributed by atoms with Crippen LogP contribution in [0.2, 0.25) is 0 Å². The minimum Gasteiger partial charge on any atom is -0.374 e. The van der Waals surface area contributed by atoms with Gasteiger partial charge in [0.1, 0.15) is 0 Å². The minimum atomic E-state index is 0.385. The fourth-order valence-electron chi connectivity index (χ4n) is 1.56. The maximum atomic E-state index is 5.66. The lowest BCUT2D eigenvalue weighted by atomic mass is 10.2. The molecule has 0 aromatic heterocycles. The van der Waals surface area contributed by atoms with Crippen LogP contribution in [0.3, 0.4) is 0 Å². The summed E-state index contributed by atoms with van der Waals surface area (Å²) < 4.78 is 5.66. The highest BCUT2D eigenvalue weighted by atomic mass is 16.5. The summed E-state index contributed by atoms with van der Waals surface area (Å²) in [6.07, 6.45) is 0.385. The Hall–Kier alpha value is -0.120. The van der Waals surface area contributed by atoms with E-state index >= 15 is 0 Å². The van der Waals surface area contributed by atoms with Crippen molar-refractivity contribution in [1.82, 2.24) is 10.2 Å². The Kier molecular flexibility index (Phi) is 4.70. The van der Waals surface area contributed by atoms with Gasteiger partial charge >= 0.3 is 0 Å². The second-order valence-electron chi connectivity index (χ2n) is 3.95. The lowest BCUT2D eigenvalue weighted by Crippen LogP contribution is -2.47. The monoisotopic (exact) mass is 186 g/mol. The van der Waals surface area contributed by atoms with Crippen LogP contribution in [0.15, 0.2) is 0 Å². The van der Waals surface area contributed by atoms with E-state index in [0.29, 0.717) is 12.1 Å². The smallest absolute Gasteiger partial charge is 0.0826 e. The molecule has 1 unspecified atom stereocenters. The van der Waals surface area contributed by atoms with Gasteiger partial charge in [-0.2, -0.15) is 0 Å². The van der Waals surface area contributed by atoms with Crippen molar-refractivity contribution in [3.8, 4) is 0 Å². The number of nitrogens with one attached hydrogen (secondary N) is 1. The molecule has 1 aliphatic heterocycles. The second kappa shape index (κ2) is 5.58. The predicted octanol–water partition coefficient (Wildman–Crippen LogP) is 0.705. The van der Waals surface area contributed by atoms with Crippen LogP contribution in [-0.2, 0) is 4.74 Å². The molecule has 1 heterocycles. The molecular formula is C10H22N2O. The topological polar surface area (TPSA) is 24.5 Å². The van der Waals surface area contributed by atoms with E-state index in [1.165, 1.54) is 0 Å². The SMILES string of the molecule is CCN1CCOC(CNC(C)C)C1. The van der Waals surface area contributed by atoms with Crippen molar-refractivity contribution < 1.29 is 4.74 Å². The molecule has 0 aliphatic carbocycles. The molecule has 0 spiro atoms. The number of ether oxygens (including phenoxy) is 1. The van der Waals surface area contributed by atoms with Crippen LogP contribution in [0.1, 0.15) is 20.8 Å². The first-order chi connectivity index (χ1) is 6.22. The molecular weight excluding hydrogens is 164 g/mol. The molecule has 3 nitrogen and oxygen atoms in total. The summed E-state index contributed by atoms with van der Waals surface area (Å²) in [6.45, 7) is 11.7. The Morgan fingerprint density at radius 2 is 2.31 bits per heavy atom. The average Bonchev–Trinajstić information content (AvgIpc) is 2.15. The van der Waals surface area contributed by atoms with Crippen LogP contribution < -0.4 is 5.32 Å². The van der Waals surface area contributed by atoms with Crippen LogP contribution in [0.25, 0.3) is 0 Å². The van der Waals surface area contributed by atoms with Crippen molar-refractivity contribution in [2.75, 3.05) is 32.8 Å². The Balaban J connectivity index is 2.18. The zero-order valence-corrected chi connectivity index (χ0v) is 9.05. The van der Waals surface area contributed by atoms with Gasteiger partial charge in [-0.15, -0.1) is 0 Å². The van der Waals surface area contributed by atoms with Gasteiger partial charge in [-0.05, 0) is 6.54 Å². The van der Waals surface area contributed by atoms with E-state index in [2.05, 4.69) is 31.0 Å². The zero-order valence-electron chi connectivity index (χ0n) is 9.05. The van der Waals surface area contributed by atoms with Crippen LogP contribution in [0, 0.1) is 0 Å². The summed E-state index contributed by atoms with van der Waals surface area (Å²) in [4.78, 5) is 2.44. The molecule has 0 aromatic rings. The second-order valence-corrected chi connectivity index (χ2v) is 3.95. The molecule has 13 heavy (non-hydrogen) atoms. The van der Waals surface area contributed by atoms with Crippen molar-refractivity contribution >= 4 is 0 Å². The maximum Gasteiger partial charge on any atom is 0.0826 e. The van der Waals surface area contributed by atoms with Crippen LogP contribution in [0.4, 0.5) is 0 Å².